The molecule has 0 spiro atoms. The summed E-state index contributed by atoms with van der Waals surface area (Å²) in [5.74, 6) is -2.19. The Balaban J connectivity index is 1.70. The van der Waals surface area contributed by atoms with Crippen molar-refractivity contribution < 1.29 is 33.7 Å². The van der Waals surface area contributed by atoms with E-state index in [1.165, 1.54) is 25.1 Å². The minimum atomic E-state index is -0.847. The highest BCUT2D eigenvalue weighted by atomic mass is 16.6. The molecule has 3 rings (SSSR count). The Labute approximate surface area is 204 Å². The van der Waals surface area contributed by atoms with E-state index < -0.39 is 24.0 Å². The molecule has 0 fully saturated rings. The number of hydrogen-bond donors (Lipinski definition) is 1. The van der Waals surface area contributed by atoms with Crippen molar-refractivity contribution in [1.82, 2.24) is 0 Å². The lowest BCUT2D eigenvalue weighted by Crippen LogP contribution is -2.22. The summed E-state index contributed by atoms with van der Waals surface area (Å²) in [6.45, 7) is 1.41. The molecule has 0 bridgehead atoms. The minimum Gasteiger partial charge on any atom is -0.462 e. The highest BCUT2D eigenvalue weighted by Gasteiger charge is 2.23. The zero-order valence-electron chi connectivity index (χ0n) is 19.5. The van der Waals surface area contributed by atoms with E-state index in [1.54, 1.807) is 0 Å². The lowest BCUT2D eigenvalue weighted by Gasteiger charge is -2.14. The van der Waals surface area contributed by atoms with Crippen molar-refractivity contribution in [2.75, 3.05) is 19.8 Å². The average Bonchev–Trinajstić information content (AvgIpc) is 2.89. The second-order valence-corrected chi connectivity index (χ2v) is 7.90. The van der Waals surface area contributed by atoms with Gasteiger partial charge >= 0.3 is 17.9 Å². The summed E-state index contributed by atoms with van der Waals surface area (Å²) in [6.07, 6.45) is 0.270. The number of carbonyl (C=O) groups excluding carboxylic acids is 3. The van der Waals surface area contributed by atoms with Gasteiger partial charge in [-0.05, 0) is 36.2 Å². The van der Waals surface area contributed by atoms with Crippen LogP contribution in [-0.2, 0) is 27.1 Å². The Kier molecular flexibility index (Phi) is 9.57. The number of aliphatic hydroxyl groups is 1. The van der Waals surface area contributed by atoms with E-state index in [0.717, 1.165) is 11.1 Å². The highest BCUT2D eigenvalue weighted by Crippen LogP contribution is 2.17. The predicted molar refractivity (Wildman–Crippen MR) is 129 cm³/mol. The monoisotopic (exact) mass is 476 g/mol. The van der Waals surface area contributed by atoms with Gasteiger partial charge in [-0.25, -0.2) is 14.4 Å². The second-order valence-electron chi connectivity index (χ2n) is 7.90. The van der Waals surface area contributed by atoms with E-state index >= 15 is 0 Å². The van der Waals surface area contributed by atoms with Crippen LogP contribution in [0.2, 0.25) is 0 Å². The van der Waals surface area contributed by atoms with Gasteiger partial charge in [0.05, 0.1) is 36.5 Å². The molecule has 7 heteroatoms. The quantitative estimate of drug-likeness (QED) is 0.330. The molecule has 3 aromatic carbocycles. The molecule has 1 atom stereocenters. The van der Waals surface area contributed by atoms with E-state index in [-0.39, 0.29) is 36.5 Å². The average molecular weight is 477 g/mol. The van der Waals surface area contributed by atoms with Crippen molar-refractivity contribution in [3.05, 3.63) is 107 Å². The smallest absolute Gasteiger partial charge is 0.339 e. The summed E-state index contributed by atoms with van der Waals surface area (Å²) in [6, 6.07) is 23.1. The van der Waals surface area contributed by atoms with Crippen LogP contribution in [0, 0.1) is 0 Å². The van der Waals surface area contributed by atoms with Crippen molar-refractivity contribution in [2.45, 2.75) is 25.9 Å². The van der Waals surface area contributed by atoms with Crippen LogP contribution in [0.25, 0.3) is 0 Å². The van der Waals surface area contributed by atoms with Crippen molar-refractivity contribution in [3.8, 4) is 0 Å². The summed E-state index contributed by atoms with van der Waals surface area (Å²) in [5, 5.41) is 9.22. The van der Waals surface area contributed by atoms with Gasteiger partial charge in [0.1, 0.15) is 6.10 Å². The molecule has 3 aromatic rings. The van der Waals surface area contributed by atoms with Gasteiger partial charge < -0.3 is 19.3 Å². The van der Waals surface area contributed by atoms with Gasteiger partial charge in [-0.2, -0.15) is 0 Å². The lowest BCUT2D eigenvalue weighted by atomic mass is 10.0. The van der Waals surface area contributed by atoms with Gasteiger partial charge in [0.25, 0.3) is 0 Å². The normalized spacial score (nSPS) is 11.4. The molecule has 0 saturated carbocycles. The first kappa shape index (κ1) is 25.6. The molecule has 1 unspecified atom stereocenters. The Morgan fingerprint density at radius 1 is 0.714 bits per heavy atom. The number of rotatable bonds is 11. The third kappa shape index (κ3) is 7.79. The first-order valence-corrected chi connectivity index (χ1v) is 11.4. The van der Waals surface area contributed by atoms with E-state index in [9.17, 15) is 19.5 Å². The molecule has 0 aliphatic carbocycles. The molecular weight excluding hydrogens is 448 g/mol. The molecule has 0 aliphatic heterocycles. The number of ether oxygens (including phenoxy) is 3. The van der Waals surface area contributed by atoms with Gasteiger partial charge in [0, 0.05) is 12.8 Å². The fraction of sp³-hybridized carbons (Fsp3) is 0.250. The molecule has 0 saturated heterocycles. The Bertz CT molecular complexity index is 1130. The summed E-state index contributed by atoms with van der Waals surface area (Å²) in [4.78, 5) is 38.0. The Morgan fingerprint density at radius 3 is 1.80 bits per heavy atom. The van der Waals surface area contributed by atoms with Crippen molar-refractivity contribution in [1.29, 1.82) is 0 Å². The van der Waals surface area contributed by atoms with E-state index in [0.29, 0.717) is 12.8 Å². The molecule has 0 aliphatic rings. The van der Waals surface area contributed by atoms with E-state index in [2.05, 4.69) is 0 Å². The summed E-state index contributed by atoms with van der Waals surface area (Å²) < 4.78 is 15.9. The SMILES string of the molecule is CC(CO)OC(=O)c1cc(C(=O)OCCc2ccccc2)ccc1C(=O)OCCc1ccccc1. The Hall–Kier alpha value is -3.97. The zero-order valence-corrected chi connectivity index (χ0v) is 19.5. The Morgan fingerprint density at radius 2 is 1.26 bits per heavy atom. The third-order valence-electron chi connectivity index (χ3n) is 5.19. The van der Waals surface area contributed by atoms with Crippen LogP contribution in [-0.4, -0.2) is 48.9 Å². The fourth-order valence-corrected chi connectivity index (χ4v) is 3.28. The molecular formula is C28H28O7. The van der Waals surface area contributed by atoms with Gasteiger partial charge in [-0.15, -0.1) is 0 Å². The standard InChI is InChI=1S/C28H28O7/c1-20(19-29)35-28(32)25-18-23(26(30)33-16-14-21-8-4-2-5-9-21)12-13-24(25)27(31)34-17-15-22-10-6-3-7-11-22/h2-13,18,20,29H,14-17,19H2,1H3. The molecule has 0 heterocycles. The van der Waals surface area contributed by atoms with Crippen LogP contribution in [0.1, 0.15) is 49.1 Å². The van der Waals surface area contributed by atoms with Crippen LogP contribution < -0.4 is 0 Å². The summed E-state index contributed by atoms with van der Waals surface area (Å²) >= 11 is 0. The van der Waals surface area contributed by atoms with Crippen LogP contribution in [0.15, 0.2) is 78.9 Å². The molecule has 182 valence electrons. The molecule has 0 aromatic heterocycles. The maximum absolute atomic E-state index is 12.7. The van der Waals surface area contributed by atoms with Crippen LogP contribution in [0.5, 0.6) is 0 Å². The third-order valence-corrected chi connectivity index (χ3v) is 5.19. The fourth-order valence-electron chi connectivity index (χ4n) is 3.28. The summed E-state index contributed by atoms with van der Waals surface area (Å²) in [5.41, 5.74) is 1.96. The topological polar surface area (TPSA) is 99.1 Å². The predicted octanol–water partition coefficient (Wildman–Crippen LogP) is 4.02. The number of hydrogen-bond acceptors (Lipinski definition) is 7. The van der Waals surface area contributed by atoms with Gasteiger partial charge in [0.2, 0.25) is 0 Å². The van der Waals surface area contributed by atoms with Crippen LogP contribution in [0.3, 0.4) is 0 Å². The number of esters is 3. The molecule has 0 amide bonds. The van der Waals surface area contributed by atoms with E-state index in [1.807, 2.05) is 60.7 Å². The van der Waals surface area contributed by atoms with Crippen molar-refractivity contribution in [2.24, 2.45) is 0 Å². The minimum absolute atomic E-state index is 0.0333. The van der Waals surface area contributed by atoms with E-state index in [4.69, 9.17) is 14.2 Å². The first-order chi connectivity index (χ1) is 17.0. The van der Waals surface area contributed by atoms with Crippen molar-refractivity contribution >= 4 is 17.9 Å². The molecule has 7 nitrogen and oxygen atoms in total. The van der Waals surface area contributed by atoms with Crippen LogP contribution in [0.4, 0.5) is 0 Å². The molecule has 0 radical (unpaired) electrons. The number of aliphatic hydroxyl groups excluding tert-OH is 1. The van der Waals surface area contributed by atoms with Gasteiger partial charge in [0.15, 0.2) is 0 Å². The first-order valence-electron chi connectivity index (χ1n) is 11.4. The lowest BCUT2D eigenvalue weighted by molar-refractivity contribution is 0.0190. The maximum Gasteiger partial charge on any atom is 0.339 e. The van der Waals surface area contributed by atoms with Gasteiger partial charge in [-0.3, -0.25) is 0 Å². The summed E-state index contributed by atoms with van der Waals surface area (Å²) in [7, 11) is 0. The number of carbonyl (C=O) groups is 3. The second kappa shape index (κ2) is 13.1. The van der Waals surface area contributed by atoms with Crippen LogP contribution >= 0.6 is 0 Å². The molecule has 1 N–H and O–H groups in total. The zero-order chi connectivity index (χ0) is 25.0. The largest absolute Gasteiger partial charge is 0.462 e. The highest BCUT2D eigenvalue weighted by molar-refractivity contribution is 6.05. The van der Waals surface area contributed by atoms with Crippen molar-refractivity contribution in [3.63, 3.8) is 0 Å². The maximum atomic E-state index is 12.7. The molecule has 35 heavy (non-hydrogen) atoms. The van der Waals surface area contributed by atoms with Gasteiger partial charge in [-0.1, -0.05) is 60.7 Å². The number of benzene rings is 3.